The highest BCUT2D eigenvalue weighted by Crippen LogP contribution is 2.32. The van der Waals surface area contributed by atoms with Crippen LogP contribution < -0.4 is 16.8 Å². The molecule has 5 N–H and O–H groups in total. The molecule has 2 aromatic carbocycles. The number of halogens is 2. The zero-order chi connectivity index (χ0) is 14.9. The number of primary amides is 1. The first kappa shape index (κ1) is 14.7. The minimum absolute atomic E-state index is 0.282. The molecule has 0 aliphatic heterocycles. The molecule has 0 fully saturated rings. The van der Waals surface area contributed by atoms with E-state index in [1.54, 1.807) is 24.3 Å². The third kappa shape index (κ3) is 3.05. The maximum absolute atomic E-state index is 11.3. The lowest BCUT2D eigenvalue weighted by Crippen LogP contribution is -2.13. The highest BCUT2D eigenvalue weighted by Gasteiger charge is 2.09. The van der Waals surface area contributed by atoms with Crippen LogP contribution in [0.3, 0.4) is 0 Å². The molecule has 0 radical (unpaired) electrons. The zero-order valence-corrected chi connectivity index (χ0v) is 13.0. The number of carbonyl (C=O) groups is 1. The summed E-state index contributed by atoms with van der Waals surface area (Å²) < 4.78 is 0.872. The number of carbonyl (C=O) groups excluding carboxylic acids is 1. The van der Waals surface area contributed by atoms with Crippen molar-refractivity contribution in [2.24, 2.45) is 5.73 Å². The summed E-state index contributed by atoms with van der Waals surface area (Å²) in [6.45, 7) is 1.92. The van der Waals surface area contributed by atoms with Crippen LogP contribution in [0, 0.1) is 6.92 Å². The van der Waals surface area contributed by atoms with Crippen molar-refractivity contribution in [1.82, 2.24) is 0 Å². The molecule has 1 amide bonds. The first-order valence-corrected chi connectivity index (χ1v) is 6.97. The van der Waals surface area contributed by atoms with Gasteiger partial charge in [0.15, 0.2) is 0 Å². The average molecular weight is 355 g/mol. The maximum Gasteiger partial charge on any atom is 0.250 e. The van der Waals surface area contributed by atoms with E-state index in [0.717, 1.165) is 15.7 Å². The van der Waals surface area contributed by atoms with Crippen LogP contribution in [-0.4, -0.2) is 5.91 Å². The van der Waals surface area contributed by atoms with Gasteiger partial charge in [0.05, 0.1) is 11.3 Å². The summed E-state index contributed by atoms with van der Waals surface area (Å²) in [7, 11) is 0. The molecule has 2 rings (SSSR count). The summed E-state index contributed by atoms with van der Waals surface area (Å²) >= 11 is 9.57. The van der Waals surface area contributed by atoms with Gasteiger partial charge >= 0.3 is 0 Å². The Kier molecular flexibility index (Phi) is 4.20. The van der Waals surface area contributed by atoms with E-state index < -0.39 is 5.91 Å². The molecule has 0 unspecified atom stereocenters. The van der Waals surface area contributed by atoms with Crippen molar-refractivity contribution >= 4 is 50.5 Å². The summed E-state index contributed by atoms with van der Waals surface area (Å²) in [5.41, 5.74) is 14.1. The predicted octanol–water partition coefficient (Wildman–Crippen LogP) is 3.84. The summed E-state index contributed by atoms with van der Waals surface area (Å²) in [6, 6.07) is 8.73. The molecule has 0 saturated carbocycles. The molecule has 0 atom stereocenters. The Labute approximate surface area is 130 Å². The third-order valence-electron chi connectivity index (χ3n) is 2.85. The van der Waals surface area contributed by atoms with Crippen molar-refractivity contribution in [3.05, 3.63) is 51.0 Å². The van der Waals surface area contributed by atoms with Crippen LogP contribution in [0.5, 0.6) is 0 Å². The lowest BCUT2D eigenvalue weighted by atomic mass is 10.1. The van der Waals surface area contributed by atoms with Crippen molar-refractivity contribution in [1.29, 1.82) is 0 Å². The number of aryl methyl sites for hydroxylation is 1. The van der Waals surface area contributed by atoms with E-state index in [1.807, 2.05) is 13.0 Å². The summed E-state index contributed by atoms with van der Waals surface area (Å²) in [4.78, 5) is 11.3. The van der Waals surface area contributed by atoms with Gasteiger partial charge < -0.3 is 16.8 Å². The number of anilines is 3. The SMILES string of the molecule is Cc1cc(Br)c(Nc2ccc(N)c(C(N)=O)c2)cc1Cl. The van der Waals surface area contributed by atoms with Gasteiger partial charge in [0.1, 0.15) is 0 Å². The fraction of sp³-hybridized carbons (Fsp3) is 0.0714. The van der Waals surface area contributed by atoms with Crippen LogP contribution in [-0.2, 0) is 0 Å². The number of nitrogens with one attached hydrogen (secondary N) is 1. The molecule has 6 heteroatoms. The molecule has 20 heavy (non-hydrogen) atoms. The molecule has 0 saturated heterocycles. The van der Waals surface area contributed by atoms with E-state index in [1.165, 1.54) is 0 Å². The molecule has 0 aliphatic rings. The fourth-order valence-electron chi connectivity index (χ4n) is 1.75. The van der Waals surface area contributed by atoms with Gasteiger partial charge in [-0.15, -0.1) is 0 Å². The molecule has 104 valence electrons. The van der Waals surface area contributed by atoms with Crippen molar-refractivity contribution in [3.8, 4) is 0 Å². The Hall–Kier alpha value is -1.72. The summed E-state index contributed by atoms with van der Waals surface area (Å²) in [5.74, 6) is -0.563. The van der Waals surface area contributed by atoms with Crippen LogP contribution in [0.1, 0.15) is 15.9 Å². The Morgan fingerprint density at radius 3 is 2.65 bits per heavy atom. The van der Waals surface area contributed by atoms with Gasteiger partial charge in [-0.05, 0) is 58.7 Å². The van der Waals surface area contributed by atoms with Gasteiger partial charge in [-0.2, -0.15) is 0 Å². The number of nitrogen functional groups attached to an aromatic ring is 1. The fourth-order valence-corrected chi connectivity index (χ4v) is 2.47. The van der Waals surface area contributed by atoms with Crippen LogP contribution in [0.15, 0.2) is 34.8 Å². The smallest absolute Gasteiger partial charge is 0.250 e. The van der Waals surface area contributed by atoms with Gasteiger partial charge in [0, 0.05) is 20.9 Å². The third-order valence-corrected chi connectivity index (χ3v) is 3.91. The van der Waals surface area contributed by atoms with Gasteiger partial charge in [0.2, 0.25) is 0 Å². The quantitative estimate of drug-likeness (QED) is 0.733. The molecule has 0 aromatic heterocycles. The molecular weight excluding hydrogens is 342 g/mol. The average Bonchev–Trinajstić information content (AvgIpc) is 2.37. The lowest BCUT2D eigenvalue weighted by Gasteiger charge is -2.12. The van der Waals surface area contributed by atoms with Crippen LogP contribution in [0.2, 0.25) is 5.02 Å². The second-order valence-corrected chi connectivity index (χ2v) is 5.63. The molecule has 0 heterocycles. The normalized spacial score (nSPS) is 10.3. The van der Waals surface area contributed by atoms with Crippen molar-refractivity contribution in [2.45, 2.75) is 6.92 Å². The molecular formula is C14H13BrClN3O. The Morgan fingerprint density at radius 2 is 2.00 bits per heavy atom. The summed E-state index contributed by atoms with van der Waals surface area (Å²) in [6.07, 6.45) is 0. The molecule has 0 bridgehead atoms. The minimum atomic E-state index is -0.563. The van der Waals surface area contributed by atoms with Crippen molar-refractivity contribution in [3.63, 3.8) is 0 Å². The Morgan fingerprint density at radius 1 is 1.30 bits per heavy atom. The Bertz CT molecular complexity index is 688. The van der Waals surface area contributed by atoms with Gasteiger partial charge in [0.25, 0.3) is 5.91 Å². The molecule has 4 nitrogen and oxygen atoms in total. The monoisotopic (exact) mass is 353 g/mol. The summed E-state index contributed by atoms with van der Waals surface area (Å²) in [5, 5.41) is 3.82. The topological polar surface area (TPSA) is 81.1 Å². The van der Waals surface area contributed by atoms with E-state index in [-0.39, 0.29) is 5.56 Å². The number of hydrogen-bond acceptors (Lipinski definition) is 3. The number of benzene rings is 2. The van der Waals surface area contributed by atoms with Crippen molar-refractivity contribution in [2.75, 3.05) is 11.1 Å². The largest absolute Gasteiger partial charge is 0.398 e. The van der Waals surface area contributed by atoms with Crippen molar-refractivity contribution < 1.29 is 4.79 Å². The predicted molar refractivity (Wildman–Crippen MR) is 86.5 cm³/mol. The van der Waals surface area contributed by atoms with E-state index in [2.05, 4.69) is 21.2 Å². The first-order valence-electron chi connectivity index (χ1n) is 5.80. The number of nitrogens with two attached hydrogens (primary N) is 2. The second-order valence-electron chi connectivity index (χ2n) is 4.37. The van der Waals surface area contributed by atoms with Crippen LogP contribution in [0.4, 0.5) is 17.1 Å². The number of rotatable bonds is 3. The number of amides is 1. The molecule has 2 aromatic rings. The Balaban J connectivity index is 2.38. The van der Waals surface area contributed by atoms with E-state index in [9.17, 15) is 4.79 Å². The standard InChI is InChI=1S/C14H13BrClN3O/c1-7-4-10(15)13(6-11(7)16)19-8-2-3-12(17)9(5-8)14(18)20/h2-6,19H,17H2,1H3,(H2,18,20). The van der Waals surface area contributed by atoms with Crippen LogP contribution in [0.25, 0.3) is 0 Å². The van der Waals surface area contributed by atoms with Gasteiger partial charge in [-0.1, -0.05) is 11.6 Å². The highest BCUT2D eigenvalue weighted by molar-refractivity contribution is 9.10. The van der Waals surface area contributed by atoms with E-state index >= 15 is 0 Å². The zero-order valence-electron chi connectivity index (χ0n) is 10.7. The van der Waals surface area contributed by atoms with E-state index in [0.29, 0.717) is 16.4 Å². The van der Waals surface area contributed by atoms with Gasteiger partial charge in [-0.25, -0.2) is 0 Å². The second kappa shape index (κ2) is 5.73. The maximum atomic E-state index is 11.3. The minimum Gasteiger partial charge on any atom is -0.398 e. The number of hydrogen-bond donors (Lipinski definition) is 3. The van der Waals surface area contributed by atoms with Crippen LogP contribution >= 0.6 is 27.5 Å². The molecule has 0 spiro atoms. The van der Waals surface area contributed by atoms with Gasteiger partial charge in [-0.3, -0.25) is 4.79 Å². The molecule has 0 aliphatic carbocycles. The highest BCUT2D eigenvalue weighted by atomic mass is 79.9. The lowest BCUT2D eigenvalue weighted by molar-refractivity contribution is 0.100. The first-order chi connectivity index (χ1) is 9.38. The van der Waals surface area contributed by atoms with E-state index in [4.69, 9.17) is 23.1 Å².